The summed E-state index contributed by atoms with van der Waals surface area (Å²) in [4.78, 5) is 23.7. The summed E-state index contributed by atoms with van der Waals surface area (Å²) in [5.74, 6) is -0.173. The highest BCUT2D eigenvalue weighted by atomic mass is 35.5. The molecule has 0 aromatic heterocycles. The zero-order valence-corrected chi connectivity index (χ0v) is 18.0. The number of carbonyl (C=O) groups excluding carboxylic acids is 2. The fourth-order valence-corrected chi connectivity index (χ4v) is 3.69. The zero-order chi connectivity index (χ0) is 21.7. The van der Waals surface area contributed by atoms with Gasteiger partial charge in [-0.15, -0.1) is 0 Å². The SMILES string of the molecule is CCOC(=O)COc1c2ccccc2c(OCC(=O)OCC)c2c(Cl)cc(Cl)cc12. The summed E-state index contributed by atoms with van der Waals surface area (Å²) < 4.78 is 21.6. The van der Waals surface area contributed by atoms with Gasteiger partial charge >= 0.3 is 11.9 Å². The second-order valence-electron chi connectivity index (χ2n) is 6.20. The smallest absolute Gasteiger partial charge is 0.344 e. The molecular formula is C22H20Cl2O6. The maximum absolute atomic E-state index is 11.9. The van der Waals surface area contributed by atoms with Gasteiger partial charge in [0.2, 0.25) is 0 Å². The number of benzene rings is 3. The van der Waals surface area contributed by atoms with Crippen molar-refractivity contribution in [3.63, 3.8) is 0 Å². The Morgan fingerprint density at radius 3 is 1.90 bits per heavy atom. The lowest BCUT2D eigenvalue weighted by molar-refractivity contribution is -0.146. The molecule has 0 spiro atoms. The van der Waals surface area contributed by atoms with Gasteiger partial charge in [0.15, 0.2) is 13.2 Å². The highest BCUT2D eigenvalue weighted by Crippen LogP contribution is 2.46. The highest BCUT2D eigenvalue weighted by Gasteiger charge is 2.21. The van der Waals surface area contributed by atoms with E-state index >= 15 is 0 Å². The van der Waals surface area contributed by atoms with Crippen molar-refractivity contribution < 1.29 is 28.5 Å². The van der Waals surface area contributed by atoms with Gasteiger partial charge < -0.3 is 18.9 Å². The predicted octanol–water partition coefficient (Wildman–Crippen LogP) is 5.18. The first-order valence-electron chi connectivity index (χ1n) is 9.36. The van der Waals surface area contributed by atoms with E-state index in [-0.39, 0.29) is 26.4 Å². The van der Waals surface area contributed by atoms with Gasteiger partial charge in [0.1, 0.15) is 11.5 Å². The van der Waals surface area contributed by atoms with Gasteiger partial charge in [0.05, 0.1) is 18.2 Å². The van der Waals surface area contributed by atoms with Crippen molar-refractivity contribution in [1.29, 1.82) is 0 Å². The van der Waals surface area contributed by atoms with Crippen LogP contribution in [0.5, 0.6) is 11.5 Å². The lowest BCUT2D eigenvalue weighted by Gasteiger charge is -2.18. The van der Waals surface area contributed by atoms with Crippen LogP contribution in [0.4, 0.5) is 0 Å². The maximum Gasteiger partial charge on any atom is 0.344 e. The zero-order valence-electron chi connectivity index (χ0n) is 16.5. The van der Waals surface area contributed by atoms with E-state index in [0.29, 0.717) is 43.1 Å². The molecule has 3 aromatic carbocycles. The average molecular weight is 451 g/mol. The lowest BCUT2D eigenvalue weighted by Crippen LogP contribution is -2.16. The van der Waals surface area contributed by atoms with E-state index in [1.165, 1.54) is 0 Å². The molecule has 3 aromatic rings. The van der Waals surface area contributed by atoms with Crippen molar-refractivity contribution in [1.82, 2.24) is 0 Å². The fourth-order valence-electron chi connectivity index (χ4n) is 3.12. The van der Waals surface area contributed by atoms with E-state index in [1.807, 2.05) is 24.3 Å². The van der Waals surface area contributed by atoms with Crippen LogP contribution in [0.15, 0.2) is 36.4 Å². The Labute approximate surface area is 183 Å². The van der Waals surface area contributed by atoms with Crippen LogP contribution < -0.4 is 9.47 Å². The maximum atomic E-state index is 11.9. The van der Waals surface area contributed by atoms with Crippen molar-refractivity contribution in [2.75, 3.05) is 26.4 Å². The molecule has 158 valence electrons. The van der Waals surface area contributed by atoms with E-state index in [0.717, 1.165) is 0 Å². The molecule has 0 aliphatic heterocycles. The molecule has 30 heavy (non-hydrogen) atoms. The Bertz CT molecular complexity index is 1100. The number of halogens is 2. The van der Waals surface area contributed by atoms with Crippen LogP contribution in [0.25, 0.3) is 21.5 Å². The number of hydrogen-bond acceptors (Lipinski definition) is 6. The summed E-state index contributed by atoms with van der Waals surface area (Å²) in [5.41, 5.74) is 0. The van der Waals surface area contributed by atoms with Gasteiger partial charge in [0.25, 0.3) is 0 Å². The predicted molar refractivity (Wildman–Crippen MR) is 116 cm³/mol. The summed E-state index contributed by atoms with van der Waals surface area (Å²) in [5, 5.41) is 3.12. The fraction of sp³-hybridized carbons (Fsp3) is 0.273. The van der Waals surface area contributed by atoms with E-state index in [4.69, 9.17) is 42.1 Å². The third kappa shape index (κ3) is 4.71. The van der Waals surface area contributed by atoms with Gasteiger partial charge in [0, 0.05) is 26.6 Å². The molecule has 0 N–H and O–H groups in total. The van der Waals surface area contributed by atoms with E-state index < -0.39 is 11.9 Å². The minimum absolute atomic E-state index is 0.251. The molecular weight excluding hydrogens is 431 g/mol. The standard InChI is InChI=1S/C22H20Cl2O6/c1-3-27-18(25)11-29-21-14-7-5-6-8-15(14)22(30-12-19(26)28-4-2)20-16(21)9-13(23)10-17(20)24/h5-10H,3-4,11-12H2,1-2H3. The van der Waals surface area contributed by atoms with Crippen molar-refractivity contribution in [2.24, 2.45) is 0 Å². The monoisotopic (exact) mass is 450 g/mol. The number of ether oxygens (including phenoxy) is 4. The van der Waals surface area contributed by atoms with Crippen LogP contribution in [-0.4, -0.2) is 38.4 Å². The second-order valence-corrected chi connectivity index (χ2v) is 7.05. The largest absolute Gasteiger partial charge is 0.481 e. The Hall–Kier alpha value is -2.70. The first-order valence-corrected chi connectivity index (χ1v) is 10.1. The Balaban J connectivity index is 2.19. The van der Waals surface area contributed by atoms with Crippen LogP contribution in [-0.2, 0) is 19.1 Å². The molecule has 0 fully saturated rings. The van der Waals surface area contributed by atoms with Crippen molar-refractivity contribution in [2.45, 2.75) is 13.8 Å². The van der Waals surface area contributed by atoms with Gasteiger partial charge in [-0.2, -0.15) is 0 Å². The molecule has 0 amide bonds. The molecule has 0 aliphatic carbocycles. The number of rotatable bonds is 8. The Morgan fingerprint density at radius 1 is 0.800 bits per heavy atom. The molecule has 0 aliphatic rings. The van der Waals surface area contributed by atoms with Gasteiger partial charge in [-0.1, -0.05) is 47.5 Å². The normalized spacial score (nSPS) is 10.8. The van der Waals surface area contributed by atoms with Gasteiger partial charge in [-0.25, -0.2) is 9.59 Å². The van der Waals surface area contributed by atoms with E-state index in [1.54, 1.807) is 26.0 Å². The summed E-state index contributed by atoms with van der Waals surface area (Å²) in [7, 11) is 0. The topological polar surface area (TPSA) is 71.1 Å². The molecule has 0 unspecified atom stereocenters. The van der Waals surface area contributed by atoms with E-state index in [2.05, 4.69) is 0 Å². The van der Waals surface area contributed by atoms with Crippen molar-refractivity contribution in [3.8, 4) is 11.5 Å². The first-order chi connectivity index (χ1) is 14.5. The molecule has 8 heteroatoms. The number of fused-ring (bicyclic) bond motifs is 2. The summed E-state index contributed by atoms with van der Waals surface area (Å²) in [6, 6.07) is 10.5. The van der Waals surface area contributed by atoms with Crippen LogP contribution in [0.2, 0.25) is 10.0 Å². The molecule has 0 heterocycles. The molecule has 0 bridgehead atoms. The quantitative estimate of drug-likeness (QED) is 0.347. The van der Waals surface area contributed by atoms with E-state index in [9.17, 15) is 9.59 Å². The van der Waals surface area contributed by atoms with Gasteiger partial charge in [-0.05, 0) is 26.0 Å². The number of esters is 2. The number of carbonyl (C=O) groups is 2. The van der Waals surface area contributed by atoms with Crippen molar-refractivity contribution in [3.05, 3.63) is 46.4 Å². The molecule has 0 atom stereocenters. The van der Waals surface area contributed by atoms with Crippen molar-refractivity contribution >= 4 is 56.7 Å². The van der Waals surface area contributed by atoms with Crippen LogP contribution in [0, 0.1) is 0 Å². The van der Waals surface area contributed by atoms with Crippen LogP contribution in [0.3, 0.4) is 0 Å². The molecule has 0 saturated carbocycles. The second kappa shape index (κ2) is 9.87. The molecule has 0 radical (unpaired) electrons. The van der Waals surface area contributed by atoms with Crippen LogP contribution >= 0.6 is 23.2 Å². The molecule has 0 saturated heterocycles. The minimum atomic E-state index is -0.498. The average Bonchev–Trinajstić information content (AvgIpc) is 2.71. The van der Waals surface area contributed by atoms with Gasteiger partial charge in [-0.3, -0.25) is 0 Å². The third-order valence-corrected chi connectivity index (χ3v) is 4.74. The lowest BCUT2D eigenvalue weighted by atomic mass is 10.0. The summed E-state index contributed by atoms with van der Waals surface area (Å²) >= 11 is 12.7. The first kappa shape index (κ1) is 22.0. The van der Waals surface area contributed by atoms with Crippen LogP contribution in [0.1, 0.15) is 13.8 Å². The minimum Gasteiger partial charge on any atom is -0.481 e. The Morgan fingerprint density at radius 2 is 1.33 bits per heavy atom. The summed E-state index contributed by atoms with van der Waals surface area (Å²) in [6.45, 7) is 3.38. The molecule has 3 rings (SSSR count). The molecule has 6 nitrogen and oxygen atoms in total. The Kier molecular flexibility index (Phi) is 7.24. The third-order valence-electron chi connectivity index (χ3n) is 4.22. The summed E-state index contributed by atoms with van der Waals surface area (Å²) in [6.07, 6.45) is 0. The highest BCUT2D eigenvalue weighted by molar-refractivity contribution is 6.40. The number of hydrogen-bond donors (Lipinski definition) is 0.